The van der Waals surface area contributed by atoms with Crippen molar-refractivity contribution < 1.29 is 22.5 Å². The predicted octanol–water partition coefficient (Wildman–Crippen LogP) is 4.59. The lowest BCUT2D eigenvalue weighted by molar-refractivity contribution is -0.140. The van der Waals surface area contributed by atoms with Crippen LogP contribution >= 0.6 is 11.3 Å². The summed E-state index contributed by atoms with van der Waals surface area (Å²) in [5, 5.41) is 4.15. The zero-order valence-corrected chi connectivity index (χ0v) is 15.2. The van der Waals surface area contributed by atoms with E-state index in [4.69, 9.17) is 4.52 Å². The maximum absolute atomic E-state index is 12.8. The van der Waals surface area contributed by atoms with Crippen LogP contribution in [0.15, 0.2) is 22.7 Å². The van der Waals surface area contributed by atoms with Crippen LogP contribution in [0.3, 0.4) is 0 Å². The molecule has 0 aliphatic carbocycles. The Morgan fingerprint density at radius 2 is 2.04 bits per heavy atom. The first kappa shape index (κ1) is 18.4. The topological polar surface area (TPSA) is 59.2 Å². The molecule has 1 amide bonds. The van der Waals surface area contributed by atoms with Crippen molar-refractivity contribution in [3.8, 4) is 10.6 Å². The zero-order valence-electron chi connectivity index (χ0n) is 14.3. The number of carbonyl (C=O) groups excluding carboxylic acids is 1. The number of halogens is 3. The SMILES string of the molecule is CCN(CC(F)(F)F)C(=O)c1cc(-c2ccc(C)s2)nc2onc(C)c12. The van der Waals surface area contributed by atoms with Crippen molar-refractivity contribution >= 4 is 28.3 Å². The maximum Gasteiger partial charge on any atom is 0.406 e. The zero-order chi connectivity index (χ0) is 19.1. The van der Waals surface area contributed by atoms with Crippen LogP contribution in [0.1, 0.15) is 27.9 Å². The highest BCUT2D eigenvalue weighted by molar-refractivity contribution is 7.15. The van der Waals surface area contributed by atoms with Gasteiger partial charge in [0.2, 0.25) is 0 Å². The number of carbonyl (C=O) groups is 1. The molecule has 3 heterocycles. The Hall–Kier alpha value is -2.42. The molecule has 0 aliphatic heterocycles. The summed E-state index contributed by atoms with van der Waals surface area (Å²) in [6.45, 7) is 3.68. The Labute approximate surface area is 151 Å². The molecule has 3 rings (SSSR count). The van der Waals surface area contributed by atoms with Gasteiger partial charge in [0, 0.05) is 11.4 Å². The molecule has 3 aromatic heterocycles. The number of aryl methyl sites for hydroxylation is 2. The van der Waals surface area contributed by atoms with E-state index in [2.05, 4.69) is 10.1 Å². The van der Waals surface area contributed by atoms with Gasteiger partial charge in [0.05, 0.1) is 27.2 Å². The molecule has 0 saturated carbocycles. The highest BCUT2D eigenvalue weighted by Gasteiger charge is 2.34. The highest BCUT2D eigenvalue weighted by Crippen LogP contribution is 2.32. The number of pyridine rings is 1. The van der Waals surface area contributed by atoms with Crippen LogP contribution in [-0.2, 0) is 0 Å². The summed E-state index contributed by atoms with van der Waals surface area (Å²) in [7, 11) is 0. The molecular formula is C17H16F3N3O2S. The molecule has 0 N–H and O–H groups in total. The monoisotopic (exact) mass is 383 g/mol. The fourth-order valence-electron chi connectivity index (χ4n) is 2.68. The van der Waals surface area contributed by atoms with Gasteiger partial charge in [-0.1, -0.05) is 5.16 Å². The van der Waals surface area contributed by atoms with E-state index in [-0.39, 0.29) is 17.8 Å². The molecule has 0 aromatic carbocycles. The molecule has 0 saturated heterocycles. The van der Waals surface area contributed by atoms with Gasteiger partial charge in [0.1, 0.15) is 6.54 Å². The van der Waals surface area contributed by atoms with Crippen LogP contribution in [0.2, 0.25) is 0 Å². The molecule has 9 heteroatoms. The minimum Gasteiger partial charge on any atom is -0.335 e. The normalized spacial score (nSPS) is 11.9. The molecule has 0 spiro atoms. The molecule has 0 atom stereocenters. The third-order valence-electron chi connectivity index (χ3n) is 3.88. The average Bonchev–Trinajstić information content (AvgIpc) is 3.16. The number of rotatable bonds is 4. The molecule has 26 heavy (non-hydrogen) atoms. The molecule has 138 valence electrons. The second-order valence-corrected chi connectivity index (χ2v) is 7.14. The van der Waals surface area contributed by atoms with Gasteiger partial charge in [-0.25, -0.2) is 4.98 Å². The fourth-order valence-corrected chi connectivity index (χ4v) is 3.50. The summed E-state index contributed by atoms with van der Waals surface area (Å²) in [6, 6.07) is 5.26. The van der Waals surface area contributed by atoms with Crippen LogP contribution in [0.25, 0.3) is 21.7 Å². The first-order valence-electron chi connectivity index (χ1n) is 7.89. The lowest BCUT2D eigenvalue weighted by atomic mass is 10.1. The summed E-state index contributed by atoms with van der Waals surface area (Å²) in [6.07, 6.45) is -4.48. The predicted molar refractivity (Wildman–Crippen MR) is 92.2 cm³/mol. The Bertz CT molecular complexity index is 962. The molecule has 3 aromatic rings. The van der Waals surface area contributed by atoms with E-state index in [9.17, 15) is 18.0 Å². The van der Waals surface area contributed by atoms with Crippen molar-refractivity contribution in [2.24, 2.45) is 0 Å². The van der Waals surface area contributed by atoms with Crippen molar-refractivity contribution in [1.29, 1.82) is 0 Å². The van der Waals surface area contributed by atoms with E-state index >= 15 is 0 Å². The standard InChI is InChI=1S/C17H16F3N3O2S/c1-4-23(8-17(18,19)20)16(24)11-7-12(13-6-5-9(2)26-13)21-15-14(11)10(3)22-25-15/h5-7H,4,8H2,1-3H3. The Kier molecular flexibility index (Phi) is 4.74. The first-order valence-corrected chi connectivity index (χ1v) is 8.71. The van der Waals surface area contributed by atoms with Crippen LogP contribution in [0.5, 0.6) is 0 Å². The summed E-state index contributed by atoms with van der Waals surface area (Å²) in [5.74, 6) is -0.724. The number of hydrogen-bond acceptors (Lipinski definition) is 5. The smallest absolute Gasteiger partial charge is 0.335 e. The van der Waals surface area contributed by atoms with Crippen molar-refractivity contribution in [2.75, 3.05) is 13.1 Å². The van der Waals surface area contributed by atoms with Crippen molar-refractivity contribution in [1.82, 2.24) is 15.0 Å². The van der Waals surface area contributed by atoms with Gasteiger partial charge in [-0.05, 0) is 39.0 Å². The van der Waals surface area contributed by atoms with Crippen LogP contribution in [0, 0.1) is 13.8 Å². The Balaban J connectivity index is 2.13. The minimum absolute atomic E-state index is 0.0695. The third-order valence-corrected chi connectivity index (χ3v) is 4.90. The fraction of sp³-hybridized carbons (Fsp3) is 0.353. The Morgan fingerprint density at radius 1 is 1.31 bits per heavy atom. The van der Waals surface area contributed by atoms with E-state index in [0.717, 1.165) is 14.7 Å². The van der Waals surface area contributed by atoms with Crippen LogP contribution in [0.4, 0.5) is 13.2 Å². The van der Waals surface area contributed by atoms with Crippen molar-refractivity contribution in [3.05, 3.63) is 34.3 Å². The van der Waals surface area contributed by atoms with Gasteiger partial charge < -0.3 is 9.42 Å². The van der Waals surface area contributed by atoms with Crippen molar-refractivity contribution in [2.45, 2.75) is 26.9 Å². The largest absolute Gasteiger partial charge is 0.406 e. The number of amides is 1. The Morgan fingerprint density at radius 3 is 2.62 bits per heavy atom. The molecule has 0 fully saturated rings. The van der Waals surface area contributed by atoms with Gasteiger partial charge in [0.15, 0.2) is 0 Å². The number of nitrogens with zero attached hydrogens (tertiary/aromatic N) is 3. The van der Waals surface area contributed by atoms with Gasteiger partial charge in [-0.3, -0.25) is 4.79 Å². The summed E-state index contributed by atoms with van der Waals surface area (Å²) in [5.41, 5.74) is 1.13. The minimum atomic E-state index is -4.48. The lowest BCUT2D eigenvalue weighted by Crippen LogP contribution is -2.38. The molecule has 0 bridgehead atoms. The highest BCUT2D eigenvalue weighted by atomic mass is 32.1. The quantitative estimate of drug-likeness (QED) is 0.661. The summed E-state index contributed by atoms with van der Waals surface area (Å²) in [4.78, 5) is 19.8. The van der Waals surface area contributed by atoms with E-state index < -0.39 is 18.6 Å². The summed E-state index contributed by atoms with van der Waals surface area (Å²) >= 11 is 1.47. The van der Waals surface area contributed by atoms with Crippen LogP contribution < -0.4 is 0 Å². The number of alkyl halides is 3. The number of hydrogen-bond donors (Lipinski definition) is 0. The number of fused-ring (bicyclic) bond motifs is 1. The summed E-state index contributed by atoms with van der Waals surface area (Å²) < 4.78 is 43.6. The molecular weight excluding hydrogens is 367 g/mol. The van der Waals surface area contributed by atoms with Gasteiger partial charge in [-0.2, -0.15) is 13.2 Å². The van der Waals surface area contributed by atoms with Gasteiger partial charge in [-0.15, -0.1) is 11.3 Å². The molecule has 0 radical (unpaired) electrons. The average molecular weight is 383 g/mol. The molecule has 0 unspecified atom stereocenters. The van der Waals surface area contributed by atoms with E-state index in [1.54, 1.807) is 6.92 Å². The van der Waals surface area contributed by atoms with Gasteiger partial charge >= 0.3 is 6.18 Å². The van der Waals surface area contributed by atoms with E-state index in [0.29, 0.717) is 16.8 Å². The number of aromatic nitrogens is 2. The molecule has 0 aliphatic rings. The second kappa shape index (κ2) is 6.71. The maximum atomic E-state index is 12.8. The van der Waals surface area contributed by atoms with Crippen molar-refractivity contribution in [3.63, 3.8) is 0 Å². The van der Waals surface area contributed by atoms with E-state index in [1.165, 1.54) is 24.3 Å². The first-order chi connectivity index (χ1) is 12.2. The van der Waals surface area contributed by atoms with E-state index in [1.807, 2.05) is 19.1 Å². The second-order valence-electron chi connectivity index (χ2n) is 5.85. The third kappa shape index (κ3) is 3.57. The van der Waals surface area contributed by atoms with Gasteiger partial charge in [0.25, 0.3) is 11.6 Å². The molecule has 5 nitrogen and oxygen atoms in total. The number of thiophene rings is 1. The van der Waals surface area contributed by atoms with Crippen LogP contribution in [-0.4, -0.2) is 40.2 Å². The lowest BCUT2D eigenvalue weighted by Gasteiger charge is -2.22.